The lowest BCUT2D eigenvalue weighted by molar-refractivity contribution is 0.103. The molecule has 4 rings (SSSR count). The molecule has 0 saturated heterocycles. The summed E-state index contributed by atoms with van der Waals surface area (Å²) in [6.07, 6.45) is 3.79. The van der Waals surface area contributed by atoms with Crippen molar-refractivity contribution >= 4 is 17.4 Å². The van der Waals surface area contributed by atoms with Gasteiger partial charge in [-0.05, 0) is 42.0 Å². The number of carbonyl (C=O) groups excluding carboxylic acids is 1. The van der Waals surface area contributed by atoms with E-state index in [2.05, 4.69) is 0 Å². The highest BCUT2D eigenvalue weighted by atomic mass is 35.5. The summed E-state index contributed by atoms with van der Waals surface area (Å²) in [6.45, 7) is 0. The number of benzene rings is 3. The third kappa shape index (κ3) is 4.07. The molecule has 0 saturated carbocycles. The highest BCUT2D eigenvalue weighted by molar-refractivity contribution is 6.30. The Balaban J connectivity index is 1.88. The summed E-state index contributed by atoms with van der Waals surface area (Å²) >= 11 is 6.08. The van der Waals surface area contributed by atoms with Gasteiger partial charge < -0.3 is 18.8 Å². The first-order chi connectivity index (χ1) is 15.5. The van der Waals surface area contributed by atoms with Crippen molar-refractivity contribution in [3.05, 3.63) is 95.3 Å². The van der Waals surface area contributed by atoms with Crippen molar-refractivity contribution in [2.24, 2.45) is 0 Å². The van der Waals surface area contributed by atoms with Gasteiger partial charge in [-0.25, -0.2) is 0 Å². The van der Waals surface area contributed by atoms with Gasteiger partial charge in [0.1, 0.15) is 0 Å². The fraction of sp³-hybridized carbons (Fsp3) is 0.115. The summed E-state index contributed by atoms with van der Waals surface area (Å²) in [7, 11) is 4.58. The molecule has 0 spiro atoms. The van der Waals surface area contributed by atoms with Crippen LogP contribution in [0.5, 0.6) is 17.2 Å². The van der Waals surface area contributed by atoms with E-state index < -0.39 is 0 Å². The number of aromatic nitrogens is 1. The highest BCUT2D eigenvalue weighted by Gasteiger charge is 2.22. The Kier molecular flexibility index (Phi) is 6.19. The van der Waals surface area contributed by atoms with Crippen molar-refractivity contribution in [3.63, 3.8) is 0 Å². The molecule has 0 aliphatic rings. The van der Waals surface area contributed by atoms with Gasteiger partial charge in [-0.15, -0.1) is 0 Å². The zero-order valence-electron chi connectivity index (χ0n) is 18.0. The van der Waals surface area contributed by atoms with E-state index in [1.54, 1.807) is 12.1 Å². The molecule has 3 aromatic carbocycles. The minimum absolute atomic E-state index is 0.163. The van der Waals surface area contributed by atoms with Crippen LogP contribution < -0.4 is 14.2 Å². The SMILES string of the molecule is COc1cc(C(=O)c2cn(-c3ccccc3)cc2-c2ccc(Cl)cc2)cc(OC)c1OC. The van der Waals surface area contributed by atoms with Gasteiger partial charge in [0.15, 0.2) is 17.3 Å². The van der Waals surface area contributed by atoms with Crippen LogP contribution in [0.3, 0.4) is 0 Å². The predicted octanol–water partition coefficient (Wildman–Crippen LogP) is 6.05. The second kappa shape index (κ2) is 9.20. The number of hydrogen-bond donors (Lipinski definition) is 0. The lowest BCUT2D eigenvalue weighted by Crippen LogP contribution is -2.04. The van der Waals surface area contributed by atoms with Crippen LogP contribution in [0, 0.1) is 0 Å². The summed E-state index contributed by atoms with van der Waals surface area (Å²) in [5, 5.41) is 0.633. The van der Waals surface area contributed by atoms with Crippen LogP contribution >= 0.6 is 11.6 Å². The molecule has 1 heterocycles. The first-order valence-electron chi connectivity index (χ1n) is 9.93. The molecule has 5 nitrogen and oxygen atoms in total. The van der Waals surface area contributed by atoms with Crippen molar-refractivity contribution in [1.29, 1.82) is 0 Å². The molecule has 162 valence electrons. The minimum Gasteiger partial charge on any atom is -0.493 e. The number of halogens is 1. The lowest BCUT2D eigenvalue weighted by atomic mass is 9.97. The molecular weight excluding hydrogens is 426 g/mol. The maximum atomic E-state index is 13.7. The maximum Gasteiger partial charge on any atom is 0.203 e. The zero-order chi connectivity index (χ0) is 22.7. The Morgan fingerprint density at radius 1 is 0.812 bits per heavy atom. The van der Waals surface area contributed by atoms with Gasteiger partial charge in [0.05, 0.1) is 21.3 Å². The van der Waals surface area contributed by atoms with E-state index in [1.807, 2.05) is 71.6 Å². The van der Waals surface area contributed by atoms with E-state index >= 15 is 0 Å². The van der Waals surface area contributed by atoms with Gasteiger partial charge in [0.2, 0.25) is 5.75 Å². The van der Waals surface area contributed by atoms with Crippen LogP contribution in [-0.4, -0.2) is 31.7 Å². The fourth-order valence-electron chi connectivity index (χ4n) is 3.61. The number of nitrogens with zero attached hydrogens (tertiary/aromatic N) is 1. The van der Waals surface area contributed by atoms with Gasteiger partial charge in [0, 0.05) is 39.8 Å². The summed E-state index contributed by atoms with van der Waals surface area (Å²) in [4.78, 5) is 13.7. The van der Waals surface area contributed by atoms with E-state index in [0.29, 0.717) is 33.4 Å². The number of para-hydroxylation sites is 1. The molecule has 0 unspecified atom stereocenters. The largest absolute Gasteiger partial charge is 0.493 e. The number of methoxy groups -OCH3 is 3. The summed E-state index contributed by atoms with van der Waals surface area (Å²) in [5.74, 6) is 1.12. The zero-order valence-corrected chi connectivity index (χ0v) is 18.7. The average Bonchev–Trinajstić information content (AvgIpc) is 3.29. The van der Waals surface area contributed by atoms with Gasteiger partial charge in [-0.3, -0.25) is 4.79 Å². The standard InChI is InChI=1S/C26H22ClNO4/c1-30-23-13-18(14-24(31-2)26(23)32-3)25(29)22-16-28(20-7-5-4-6-8-20)15-21(22)17-9-11-19(27)12-10-17/h4-16H,1-3H3. The normalized spacial score (nSPS) is 10.6. The average molecular weight is 448 g/mol. The molecule has 0 aliphatic heterocycles. The van der Waals surface area contributed by atoms with Crippen LogP contribution in [0.2, 0.25) is 5.02 Å². The molecule has 6 heteroatoms. The first kappa shape index (κ1) is 21.5. The topological polar surface area (TPSA) is 49.7 Å². The summed E-state index contributed by atoms with van der Waals surface area (Å²) in [5.41, 5.74) is 3.61. The molecule has 0 amide bonds. The predicted molar refractivity (Wildman–Crippen MR) is 126 cm³/mol. The van der Waals surface area contributed by atoms with Gasteiger partial charge >= 0.3 is 0 Å². The molecule has 0 N–H and O–H groups in total. The van der Waals surface area contributed by atoms with E-state index in [0.717, 1.165) is 16.8 Å². The van der Waals surface area contributed by atoms with Gasteiger partial charge in [-0.2, -0.15) is 0 Å². The minimum atomic E-state index is -0.163. The van der Waals surface area contributed by atoms with Crippen molar-refractivity contribution in [3.8, 4) is 34.1 Å². The van der Waals surface area contributed by atoms with Gasteiger partial charge in [0.25, 0.3) is 0 Å². The molecular formula is C26H22ClNO4. The van der Waals surface area contributed by atoms with Gasteiger partial charge in [-0.1, -0.05) is 41.9 Å². The second-order valence-electron chi connectivity index (χ2n) is 7.08. The molecule has 32 heavy (non-hydrogen) atoms. The second-order valence-corrected chi connectivity index (χ2v) is 7.51. The first-order valence-corrected chi connectivity index (χ1v) is 10.3. The molecule has 0 atom stereocenters. The Morgan fingerprint density at radius 3 is 2.00 bits per heavy atom. The molecule has 0 fully saturated rings. The number of rotatable bonds is 7. The Morgan fingerprint density at radius 2 is 1.44 bits per heavy atom. The van der Waals surface area contributed by atoms with Crippen molar-refractivity contribution in [1.82, 2.24) is 4.57 Å². The van der Waals surface area contributed by atoms with Crippen molar-refractivity contribution in [2.45, 2.75) is 0 Å². The smallest absolute Gasteiger partial charge is 0.203 e. The third-order valence-electron chi connectivity index (χ3n) is 5.21. The van der Waals surface area contributed by atoms with E-state index in [4.69, 9.17) is 25.8 Å². The Bertz CT molecular complexity index is 1220. The quantitative estimate of drug-likeness (QED) is 0.323. The molecule has 0 bridgehead atoms. The molecule has 4 aromatic rings. The van der Waals surface area contributed by atoms with Crippen LogP contribution in [0.15, 0.2) is 79.1 Å². The Hall–Kier alpha value is -3.70. The number of carbonyl (C=O) groups is 1. The summed E-state index contributed by atoms with van der Waals surface area (Å²) < 4.78 is 18.2. The maximum absolute atomic E-state index is 13.7. The summed E-state index contributed by atoms with van der Waals surface area (Å²) in [6, 6.07) is 20.6. The monoisotopic (exact) mass is 447 g/mol. The van der Waals surface area contributed by atoms with Crippen LogP contribution in [0.1, 0.15) is 15.9 Å². The number of hydrogen-bond acceptors (Lipinski definition) is 4. The van der Waals surface area contributed by atoms with Crippen molar-refractivity contribution < 1.29 is 19.0 Å². The van der Waals surface area contributed by atoms with E-state index in [1.165, 1.54) is 21.3 Å². The number of ether oxygens (including phenoxy) is 3. The third-order valence-corrected chi connectivity index (χ3v) is 5.46. The molecule has 0 radical (unpaired) electrons. The molecule has 1 aromatic heterocycles. The van der Waals surface area contributed by atoms with Crippen LogP contribution in [-0.2, 0) is 0 Å². The van der Waals surface area contributed by atoms with E-state index in [9.17, 15) is 4.79 Å². The van der Waals surface area contributed by atoms with Crippen LogP contribution in [0.4, 0.5) is 0 Å². The number of ketones is 1. The van der Waals surface area contributed by atoms with Crippen LogP contribution in [0.25, 0.3) is 16.8 Å². The fourth-order valence-corrected chi connectivity index (χ4v) is 3.74. The van der Waals surface area contributed by atoms with Crippen molar-refractivity contribution in [2.75, 3.05) is 21.3 Å². The lowest BCUT2D eigenvalue weighted by Gasteiger charge is -2.14. The Labute approximate surface area is 191 Å². The highest BCUT2D eigenvalue weighted by Crippen LogP contribution is 2.39. The molecule has 0 aliphatic carbocycles. The van der Waals surface area contributed by atoms with E-state index in [-0.39, 0.29) is 5.78 Å².